The predicted octanol–water partition coefficient (Wildman–Crippen LogP) is 1.41. The molecule has 0 saturated heterocycles. The molecule has 108 valence electrons. The lowest BCUT2D eigenvalue weighted by Gasteiger charge is -2.01. The van der Waals surface area contributed by atoms with Gasteiger partial charge in [0.2, 0.25) is 5.16 Å². The molecular formula is C12H10N4O3S2. The molecule has 3 aromatic heterocycles. The molecule has 0 bridgehead atoms. The minimum atomic E-state index is -0.369. The maximum Gasteiger partial charge on any atom is 0.316 e. The van der Waals surface area contributed by atoms with E-state index in [0.717, 1.165) is 16.6 Å². The van der Waals surface area contributed by atoms with Gasteiger partial charge in [0.1, 0.15) is 11.2 Å². The summed E-state index contributed by atoms with van der Waals surface area (Å²) in [7, 11) is 1.32. The van der Waals surface area contributed by atoms with E-state index in [9.17, 15) is 9.59 Å². The maximum absolute atomic E-state index is 11.8. The number of ether oxygens (including phenoxy) is 1. The SMILES string of the molecule is COC(=O)CSc1n[nH]c(=O)c2cc(-c3cccs3)nn12. The third kappa shape index (κ3) is 2.69. The molecule has 0 radical (unpaired) electrons. The zero-order chi connectivity index (χ0) is 14.8. The lowest BCUT2D eigenvalue weighted by atomic mass is 10.3. The second-order valence-corrected chi connectivity index (χ2v) is 5.89. The molecule has 9 heteroatoms. The molecule has 0 unspecified atom stereocenters. The van der Waals surface area contributed by atoms with Crippen LogP contribution in [0.25, 0.3) is 16.1 Å². The number of nitrogens with one attached hydrogen (secondary N) is 1. The van der Waals surface area contributed by atoms with E-state index in [1.165, 1.54) is 23.0 Å². The Labute approximate surface area is 126 Å². The summed E-state index contributed by atoms with van der Waals surface area (Å²) in [6, 6.07) is 5.54. The van der Waals surface area contributed by atoms with Crippen molar-refractivity contribution in [2.24, 2.45) is 0 Å². The number of aromatic amines is 1. The van der Waals surface area contributed by atoms with Crippen LogP contribution in [0.3, 0.4) is 0 Å². The monoisotopic (exact) mass is 322 g/mol. The van der Waals surface area contributed by atoms with Gasteiger partial charge in [0.05, 0.1) is 17.7 Å². The largest absolute Gasteiger partial charge is 0.468 e. The number of hydrogen-bond acceptors (Lipinski definition) is 7. The van der Waals surface area contributed by atoms with E-state index in [4.69, 9.17) is 0 Å². The molecule has 7 nitrogen and oxygen atoms in total. The first-order valence-electron chi connectivity index (χ1n) is 5.91. The molecule has 3 aromatic rings. The average Bonchev–Trinajstić information content (AvgIpc) is 3.15. The van der Waals surface area contributed by atoms with Crippen molar-refractivity contribution in [3.63, 3.8) is 0 Å². The summed E-state index contributed by atoms with van der Waals surface area (Å²) < 4.78 is 6.03. The number of fused-ring (bicyclic) bond motifs is 1. The van der Waals surface area contributed by atoms with Gasteiger partial charge < -0.3 is 4.74 Å². The highest BCUT2D eigenvalue weighted by Crippen LogP contribution is 2.25. The van der Waals surface area contributed by atoms with Gasteiger partial charge in [-0.25, -0.2) is 9.61 Å². The Morgan fingerprint density at radius 2 is 2.43 bits per heavy atom. The van der Waals surface area contributed by atoms with Gasteiger partial charge in [-0.15, -0.1) is 16.4 Å². The van der Waals surface area contributed by atoms with Crippen LogP contribution in [0.5, 0.6) is 0 Å². The van der Waals surface area contributed by atoms with Crippen molar-refractivity contribution >= 4 is 34.6 Å². The zero-order valence-corrected chi connectivity index (χ0v) is 12.5. The fraction of sp³-hybridized carbons (Fsp3) is 0.167. The number of methoxy groups -OCH3 is 1. The van der Waals surface area contributed by atoms with Crippen molar-refractivity contribution in [2.75, 3.05) is 12.9 Å². The number of thiophene rings is 1. The van der Waals surface area contributed by atoms with Crippen LogP contribution in [-0.2, 0) is 9.53 Å². The normalized spacial score (nSPS) is 10.9. The highest BCUT2D eigenvalue weighted by molar-refractivity contribution is 7.99. The van der Waals surface area contributed by atoms with Gasteiger partial charge >= 0.3 is 5.97 Å². The molecule has 3 rings (SSSR count). The molecule has 0 amide bonds. The summed E-state index contributed by atoms with van der Waals surface area (Å²) in [6.45, 7) is 0. The molecule has 1 N–H and O–H groups in total. The highest BCUT2D eigenvalue weighted by atomic mass is 32.2. The van der Waals surface area contributed by atoms with Crippen molar-refractivity contribution in [1.29, 1.82) is 0 Å². The Balaban J connectivity index is 2.04. The average molecular weight is 322 g/mol. The van der Waals surface area contributed by atoms with Crippen LogP contribution in [-0.4, -0.2) is 38.6 Å². The molecule has 0 fully saturated rings. The van der Waals surface area contributed by atoms with E-state index >= 15 is 0 Å². The van der Waals surface area contributed by atoms with Gasteiger partial charge in [-0.2, -0.15) is 5.10 Å². The summed E-state index contributed by atoms with van der Waals surface area (Å²) >= 11 is 2.69. The van der Waals surface area contributed by atoms with E-state index in [0.29, 0.717) is 16.4 Å². The second-order valence-electron chi connectivity index (χ2n) is 4.00. The van der Waals surface area contributed by atoms with Crippen molar-refractivity contribution in [2.45, 2.75) is 5.16 Å². The highest BCUT2D eigenvalue weighted by Gasteiger charge is 2.14. The van der Waals surface area contributed by atoms with Crippen LogP contribution >= 0.6 is 23.1 Å². The van der Waals surface area contributed by atoms with Crippen LogP contribution in [0, 0.1) is 0 Å². The predicted molar refractivity (Wildman–Crippen MR) is 79.7 cm³/mol. The molecule has 0 aliphatic rings. The minimum Gasteiger partial charge on any atom is -0.468 e. The fourth-order valence-electron chi connectivity index (χ4n) is 1.71. The Morgan fingerprint density at radius 3 is 3.14 bits per heavy atom. The standard InChI is InChI=1S/C12H10N4O3S2/c1-19-10(17)6-21-12-14-13-11(18)8-5-7(15-16(8)12)9-3-2-4-20-9/h2-5H,6H2,1H3,(H,13,18). The first-order valence-corrected chi connectivity index (χ1v) is 7.77. The van der Waals surface area contributed by atoms with E-state index in [2.05, 4.69) is 20.0 Å². The van der Waals surface area contributed by atoms with Gasteiger partial charge in [-0.1, -0.05) is 17.8 Å². The summed E-state index contributed by atoms with van der Waals surface area (Å²) in [5, 5.41) is 13.1. The van der Waals surface area contributed by atoms with Gasteiger partial charge in [0.15, 0.2) is 0 Å². The van der Waals surface area contributed by atoms with Crippen LogP contribution in [0.1, 0.15) is 0 Å². The zero-order valence-electron chi connectivity index (χ0n) is 10.9. The van der Waals surface area contributed by atoms with Crippen LogP contribution in [0.15, 0.2) is 33.5 Å². The molecule has 0 spiro atoms. The van der Waals surface area contributed by atoms with Crippen molar-refractivity contribution in [1.82, 2.24) is 19.8 Å². The van der Waals surface area contributed by atoms with E-state index in [-0.39, 0.29) is 17.3 Å². The van der Waals surface area contributed by atoms with Crippen molar-refractivity contribution < 1.29 is 9.53 Å². The van der Waals surface area contributed by atoms with E-state index in [1.54, 1.807) is 6.07 Å². The molecule has 0 saturated carbocycles. The number of rotatable bonds is 4. The minimum absolute atomic E-state index is 0.0961. The molecule has 0 aliphatic carbocycles. The third-order valence-corrected chi connectivity index (χ3v) is 4.49. The van der Waals surface area contributed by atoms with Gasteiger partial charge in [0.25, 0.3) is 5.56 Å². The Kier molecular flexibility index (Phi) is 3.76. The van der Waals surface area contributed by atoms with Crippen LogP contribution in [0.2, 0.25) is 0 Å². The van der Waals surface area contributed by atoms with Gasteiger partial charge in [-0.3, -0.25) is 9.59 Å². The van der Waals surface area contributed by atoms with Gasteiger partial charge in [0, 0.05) is 0 Å². The molecule has 0 aromatic carbocycles. The Hall–Kier alpha value is -2.13. The van der Waals surface area contributed by atoms with Crippen molar-refractivity contribution in [3.8, 4) is 10.6 Å². The number of nitrogens with zero attached hydrogens (tertiary/aromatic N) is 3. The summed E-state index contributed by atoms with van der Waals surface area (Å²) in [5.41, 5.74) is 0.761. The summed E-state index contributed by atoms with van der Waals surface area (Å²) in [5.74, 6) is -0.273. The number of hydrogen-bond donors (Lipinski definition) is 1. The Morgan fingerprint density at radius 1 is 1.57 bits per heavy atom. The van der Waals surface area contributed by atoms with E-state index < -0.39 is 0 Å². The molecule has 21 heavy (non-hydrogen) atoms. The first kappa shape index (κ1) is 13.8. The number of carbonyl (C=O) groups excluding carboxylic acids is 1. The quantitative estimate of drug-likeness (QED) is 0.577. The van der Waals surface area contributed by atoms with Crippen LogP contribution in [0.4, 0.5) is 0 Å². The Bertz CT molecular complexity index is 838. The number of aromatic nitrogens is 4. The lowest BCUT2D eigenvalue weighted by Crippen LogP contribution is -2.14. The molecule has 0 aliphatic heterocycles. The molecule has 3 heterocycles. The number of thioether (sulfide) groups is 1. The fourth-order valence-corrected chi connectivity index (χ4v) is 3.13. The number of carbonyl (C=O) groups is 1. The molecule has 0 atom stereocenters. The summed E-state index contributed by atoms with van der Waals surface area (Å²) in [4.78, 5) is 24.0. The smallest absolute Gasteiger partial charge is 0.316 e. The molecular weight excluding hydrogens is 312 g/mol. The van der Waals surface area contributed by atoms with E-state index in [1.807, 2.05) is 17.5 Å². The van der Waals surface area contributed by atoms with Crippen LogP contribution < -0.4 is 5.56 Å². The summed E-state index contributed by atoms with van der Waals surface area (Å²) in [6.07, 6.45) is 0. The number of esters is 1. The van der Waals surface area contributed by atoms with Gasteiger partial charge in [-0.05, 0) is 17.5 Å². The van der Waals surface area contributed by atoms with Crippen molar-refractivity contribution in [3.05, 3.63) is 33.9 Å². The first-order chi connectivity index (χ1) is 10.2. The maximum atomic E-state index is 11.8. The number of H-pyrrole nitrogens is 1. The third-order valence-electron chi connectivity index (χ3n) is 2.70. The lowest BCUT2D eigenvalue weighted by molar-refractivity contribution is -0.137. The second kappa shape index (κ2) is 5.70. The topological polar surface area (TPSA) is 89.3 Å².